The summed E-state index contributed by atoms with van der Waals surface area (Å²) in [6.07, 6.45) is 5.20. The molecule has 124 valence electrons. The number of amides is 1. The monoisotopic (exact) mass is 337 g/mol. The zero-order chi connectivity index (χ0) is 16.2. The predicted octanol–water partition coefficient (Wildman–Crippen LogP) is 4.03. The second-order valence-electron chi connectivity index (χ2n) is 5.87. The SMILES string of the molecule is O=C(c1ccc(Cl)o1)N1CCCCC[C@@H]1C[C@H](O)c1ccco1. The third kappa shape index (κ3) is 3.79. The molecule has 1 amide bonds. The lowest BCUT2D eigenvalue weighted by Gasteiger charge is -2.30. The van der Waals surface area contributed by atoms with E-state index in [1.807, 2.05) is 0 Å². The first kappa shape index (κ1) is 16.1. The Bertz CT molecular complexity index is 637. The molecule has 1 fully saturated rings. The summed E-state index contributed by atoms with van der Waals surface area (Å²) in [5, 5.41) is 10.6. The van der Waals surface area contributed by atoms with Crippen LogP contribution >= 0.6 is 11.6 Å². The highest BCUT2D eigenvalue weighted by Crippen LogP contribution is 2.28. The quantitative estimate of drug-likeness (QED) is 0.914. The van der Waals surface area contributed by atoms with Crippen molar-refractivity contribution < 1.29 is 18.7 Å². The van der Waals surface area contributed by atoms with Crippen molar-refractivity contribution in [1.29, 1.82) is 0 Å². The smallest absolute Gasteiger partial charge is 0.289 e. The fraction of sp³-hybridized carbons (Fsp3) is 0.471. The maximum Gasteiger partial charge on any atom is 0.289 e. The van der Waals surface area contributed by atoms with E-state index in [4.69, 9.17) is 20.4 Å². The highest BCUT2D eigenvalue weighted by molar-refractivity contribution is 6.29. The zero-order valence-corrected chi connectivity index (χ0v) is 13.5. The van der Waals surface area contributed by atoms with Crippen LogP contribution in [0.15, 0.2) is 39.4 Å². The minimum atomic E-state index is -0.719. The topological polar surface area (TPSA) is 66.8 Å². The van der Waals surface area contributed by atoms with Crippen LogP contribution in [-0.2, 0) is 0 Å². The number of aliphatic hydroxyl groups is 1. The first-order valence-electron chi connectivity index (χ1n) is 7.93. The molecular weight excluding hydrogens is 318 g/mol. The predicted molar refractivity (Wildman–Crippen MR) is 85.3 cm³/mol. The number of likely N-dealkylation sites (tertiary alicyclic amines) is 1. The average molecular weight is 338 g/mol. The molecule has 6 heteroatoms. The van der Waals surface area contributed by atoms with Crippen LogP contribution in [0, 0.1) is 0 Å². The molecular formula is C17H20ClNO4. The van der Waals surface area contributed by atoms with Crippen molar-refractivity contribution in [2.75, 3.05) is 6.54 Å². The van der Waals surface area contributed by atoms with Crippen LogP contribution in [0.4, 0.5) is 0 Å². The molecule has 0 saturated carbocycles. The normalized spacial score (nSPS) is 20.3. The zero-order valence-electron chi connectivity index (χ0n) is 12.8. The molecule has 5 nitrogen and oxygen atoms in total. The molecule has 23 heavy (non-hydrogen) atoms. The number of carbonyl (C=O) groups is 1. The molecule has 2 aromatic heterocycles. The van der Waals surface area contributed by atoms with Crippen molar-refractivity contribution in [2.24, 2.45) is 0 Å². The highest BCUT2D eigenvalue weighted by Gasteiger charge is 2.30. The summed E-state index contributed by atoms with van der Waals surface area (Å²) in [5.41, 5.74) is 0. The maximum atomic E-state index is 12.7. The Balaban J connectivity index is 1.75. The van der Waals surface area contributed by atoms with Gasteiger partial charge in [-0.1, -0.05) is 12.8 Å². The summed E-state index contributed by atoms with van der Waals surface area (Å²) in [6.45, 7) is 0.659. The maximum absolute atomic E-state index is 12.7. The molecule has 1 saturated heterocycles. The number of furan rings is 2. The van der Waals surface area contributed by atoms with Crippen molar-refractivity contribution >= 4 is 17.5 Å². The van der Waals surface area contributed by atoms with E-state index in [1.54, 1.807) is 35.4 Å². The van der Waals surface area contributed by atoms with Crippen molar-refractivity contribution in [3.8, 4) is 0 Å². The Kier molecular flexibility index (Phi) is 5.08. The second kappa shape index (κ2) is 7.23. The Labute approximate surface area is 139 Å². The number of carbonyl (C=O) groups excluding carboxylic acids is 1. The van der Waals surface area contributed by atoms with Gasteiger partial charge in [0.25, 0.3) is 5.91 Å². The fourth-order valence-electron chi connectivity index (χ4n) is 3.12. The highest BCUT2D eigenvalue weighted by atomic mass is 35.5. The molecule has 0 unspecified atom stereocenters. The molecule has 3 heterocycles. The summed E-state index contributed by atoms with van der Waals surface area (Å²) in [4.78, 5) is 14.5. The molecule has 0 spiro atoms. The summed E-state index contributed by atoms with van der Waals surface area (Å²) in [6, 6.07) is 6.61. The molecule has 1 aliphatic rings. The van der Waals surface area contributed by atoms with E-state index in [2.05, 4.69) is 0 Å². The van der Waals surface area contributed by atoms with Gasteiger partial charge in [-0.15, -0.1) is 0 Å². The van der Waals surface area contributed by atoms with E-state index < -0.39 is 6.10 Å². The van der Waals surface area contributed by atoms with Crippen LogP contribution in [0.25, 0.3) is 0 Å². The minimum Gasteiger partial charge on any atom is -0.467 e. The molecule has 0 aromatic carbocycles. The Hall–Kier alpha value is -1.72. The largest absolute Gasteiger partial charge is 0.467 e. The van der Waals surface area contributed by atoms with Crippen LogP contribution in [0.2, 0.25) is 5.22 Å². The van der Waals surface area contributed by atoms with Crippen LogP contribution in [0.5, 0.6) is 0 Å². The summed E-state index contributed by atoms with van der Waals surface area (Å²) in [7, 11) is 0. The van der Waals surface area contributed by atoms with E-state index in [9.17, 15) is 9.90 Å². The number of halogens is 1. The van der Waals surface area contributed by atoms with Crippen LogP contribution in [-0.4, -0.2) is 28.5 Å². The first-order valence-corrected chi connectivity index (χ1v) is 8.30. The Morgan fingerprint density at radius 1 is 1.35 bits per heavy atom. The summed E-state index contributed by atoms with van der Waals surface area (Å²) < 4.78 is 10.5. The molecule has 3 rings (SSSR count). The number of hydrogen-bond donors (Lipinski definition) is 1. The first-order chi connectivity index (χ1) is 11.1. The van der Waals surface area contributed by atoms with E-state index in [-0.39, 0.29) is 22.9 Å². The third-order valence-electron chi connectivity index (χ3n) is 4.29. The van der Waals surface area contributed by atoms with Gasteiger partial charge < -0.3 is 18.8 Å². The standard InChI is InChI=1S/C17H20ClNO4/c18-16-8-7-15(23-16)17(21)19-9-3-1-2-5-12(19)11-13(20)14-6-4-10-22-14/h4,6-8,10,12-13,20H,1-3,5,9,11H2/t12-,13+/m1/s1. The van der Waals surface area contributed by atoms with Gasteiger partial charge in [0, 0.05) is 19.0 Å². The molecule has 1 aliphatic heterocycles. The van der Waals surface area contributed by atoms with E-state index in [0.29, 0.717) is 18.7 Å². The second-order valence-corrected chi connectivity index (χ2v) is 6.24. The van der Waals surface area contributed by atoms with Gasteiger partial charge in [-0.3, -0.25) is 4.79 Å². The van der Waals surface area contributed by atoms with E-state index >= 15 is 0 Å². The number of rotatable bonds is 4. The fourth-order valence-corrected chi connectivity index (χ4v) is 3.26. The molecule has 2 aromatic rings. The van der Waals surface area contributed by atoms with Crippen molar-refractivity contribution in [2.45, 2.75) is 44.2 Å². The lowest BCUT2D eigenvalue weighted by atomic mass is 10.0. The summed E-state index contributed by atoms with van der Waals surface area (Å²) >= 11 is 5.77. The van der Waals surface area contributed by atoms with Crippen molar-refractivity contribution in [3.63, 3.8) is 0 Å². The number of aliphatic hydroxyl groups excluding tert-OH is 1. The van der Waals surface area contributed by atoms with Gasteiger partial charge >= 0.3 is 0 Å². The Morgan fingerprint density at radius 3 is 2.91 bits per heavy atom. The van der Waals surface area contributed by atoms with Gasteiger partial charge in [-0.2, -0.15) is 0 Å². The third-order valence-corrected chi connectivity index (χ3v) is 4.49. The van der Waals surface area contributed by atoms with Gasteiger partial charge in [0.15, 0.2) is 11.0 Å². The van der Waals surface area contributed by atoms with Crippen LogP contribution in [0.1, 0.15) is 54.5 Å². The van der Waals surface area contributed by atoms with E-state index in [1.165, 1.54) is 0 Å². The molecule has 2 atom stereocenters. The van der Waals surface area contributed by atoms with Crippen LogP contribution in [0.3, 0.4) is 0 Å². The van der Waals surface area contributed by atoms with Gasteiger partial charge in [0.1, 0.15) is 11.9 Å². The average Bonchev–Trinajstić information content (AvgIpc) is 3.16. The minimum absolute atomic E-state index is 0.0472. The van der Waals surface area contributed by atoms with Gasteiger partial charge in [0.05, 0.1) is 6.26 Å². The lowest BCUT2D eigenvalue weighted by Crippen LogP contribution is -2.40. The Morgan fingerprint density at radius 2 is 2.22 bits per heavy atom. The van der Waals surface area contributed by atoms with Crippen molar-refractivity contribution in [3.05, 3.63) is 47.3 Å². The number of nitrogens with zero attached hydrogens (tertiary/aromatic N) is 1. The summed E-state index contributed by atoms with van der Waals surface area (Å²) in [5.74, 6) is 0.604. The molecule has 0 radical (unpaired) electrons. The lowest BCUT2D eigenvalue weighted by molar-refractivity contribution is 0.0529. The van der Waals surface area contributed by atoms with Crippen LogP contribution < -0.4 is 0 Å². The van der Waals surface area contributed by atoms with Gasteiger partial charge in [0.2, 0.25) is 0 Å². The number of hydrogen-bond acceptors (Lipinski definition) is 4. The molecule has 0 bridgehead atoms. The molecule has 1 N–H and O–H groups in total. The van der Waals surface area contributed by atoms with Gasteiger partial charge in [-0.05, 0) is 48.7 Å². The van der Waals surface area contributed by atoms with Crippen molar-refractivity contribution in [1.82, 2.24) is 4.90 Å². The van der Waals surface area contributed by atoms with Gasteiger partial charge in [-0.25, -0.2) is 0 Å². The molecule has 0 aliphatic carbocycles. The van der Waals surface area contributed by atoms with E-state index in [0.717, 1.165) is 25.7 Å².